The number of rotatable bonds is 1. The van der Waals surface area contributed by atoms with E-state index >= 15 is 0 Å². The van der Waals surface area contributed by atoms with Crippen LogP contribution in [0.2, 0.25) is 0 Å². The molecule has 4 saturated carbocycles. The number of carbonyl (C=O) groups is 1. The highest BCUT2D eigenvalue weighted by atomic mass is 35.5. The molecule has 2 unspecified atom stereocenters. The molecule has 1 N–H and O–H groups in total. The van der Waals surface area contributed by atoms with Gasteiger partial charge in [0.05, 0.1) is 5.60 Å². The second kappa shape index (κ2) is 3.11. The Morgan fingerprint density at radius 2 is 1.87 bits per heavy atom. The first-order chi connectivity index (χ1) is 7.06. The van der Waals surface area contributed by atoms with E-state index in [1.807, 2.05) is 0 Å². The zero-order valence-corrected chi connectivity index (χ0v) is 9.24. The van der Waals surface area contributed by atoms with Gasteiger partial charge in [-0.15, -0.1) is 0 Å². The monoisotopic (exact) mass is 230 g/mol. The third-order valence-corrected chi connectivity index (χ3v) is 4.47. The Balaban J connectivity index is 1.82. The molecule has 0 aliphatic heterocycles. The second-order valence-corrected chi connectivity index (χ2v) is 5.82. The van der Waals surface area contributed by atoms with Gasteiger partial charge in [0.2, 0.25) is 0 Å². The van der Waals surface area contributed by atoms with Crippen molar-refractivity contribution >= 4 is 17.0 Å². The number of hydrogen-bond donors (Lipinski definition) is 1. The van der Waals surface area contributed by atoms with Crippen LogP contribution in [0.1, 0.15) is 32.1 Å². The van der Waals surface area contributed by atoms with Gasteiger partial charge < -0.3 is 9.84 Å². The summed E-state index contributed by atoms with van der Waals surface area (Å²) in [6.07, 6.45) is 4.67. The van der Waals surface area contributed by atoms with Crippen molar-refractivity contribution in [2.45, 2.75) is 43.8 Å². The van der Waals surface area contributed by atoms with Crippen LogP contribution in [0.5, 0.6) is 0 Å². The summed E-state index contributed by atoms with van der Waals surface area (Å²) in [5.41, 5.74) is -1.16. The molecule has 4 heteroatoms. The first-order valence-electron chi connectivity index (χ1n) is 5.64. The maximum Gasteiger partial charge on any atom is 0.404 e. The lowest BCUT2D eigenvalue weighted by Crippen LogP contribution is -2.57. The molecule has 2 atom stereocenters. The third-order valence-electron chi connectivity index (χ3n) is 4.38. The summed E-state index contributed by atoms with van der Waals surface area (Å²) in [5.74, 6) is 1.31. The molecule has 4 fully saturated rings. The molecular formula is C11H15ClO3. The lowest BCUT2D eigenvalue weighted by atomic mass is 9.53. The number of halogens is 1. The number of aliphatic hydroxyl groups is 1. The van der Waals surface area contributed by atoms with Crippen LogP contribution in [0.25, 0.3) is 0 Å². The Hall–Kier alpha value is -0.280. The van der Waals surface area contributed by atoms with Crippen molar-refractivity contribution in [3.63, 3.8) is 0 Å². The highest BCUT2D eigenvalue weighted by Crippen LogP contribution is 2.56. The molecule has 0 aromatic rings. The van der Waals surface area contributed by atoms with Gasteiger partial charge in [-0.3, -0.25) is 0 Å². The fraction of sp³-hybridized carbons (Fsp3) is 0.909. The van der Waals surface area contributed by atoms with Gasteiger partial charge in [0, 0.05) is 11.6 Å². The molecule has 0 heterocycles. The van der Waals surface area contributed by atoms with E-state index in [1.54, 1.807) is 0 Å². The van der Waals surface area contributed by atoms with Crippen LogP contribution in [0.3, 0.4) is 0 Å². The average molecular weight is 231 g/mol. The first-order valence-corrected chi connectivity index (χ1v) is 6.02. The summed E-state index contributed by atoms with van der Waals surface area (Å²) in [7, 11) is 0. The minimum atomic E-state index is -0.695. The van der Waals surface area contributed by atoms with Gasteiger partial charge in [-0.1, -0.05) is 0 Å². The average Bonchev–Trinajstić information content (AvgIpc) is 2.08. The Bertz CT molecular complexity index is 288. The van der Waals surface area contributed by atoms with E-state index in [2.05, 4.69) is 0 Å². The highest BCUT2D eigenvalue weighted by Gasteiger charge is 2.56. The molecule has 0 aromatic heterocycles. The molecule has 0 spiro atoms. The van der Waals surface area contributed by atoms with Crippen molar-refractivity contribution in [3.05, 3.63) is 0 Å². The second-order valence-electron chi connectivity index (χ2n) is 5.51. The van der Waals surface area contributed by atoms with Gasteiger partial charge in [-0.25, -0.2) is 4.79 Å². The quantitative estimate of drug-likeness (QED) is 0.704. The summed E-state index contributed by atoms with van der Waals surface area (Å²) in [4.78, 5) is 10.8. The molecule has 15 heavy (non-hydrogen) atoms. The Kier molecular flexibility index (Phi) is 2.05. The topological polar surface area (TPSA) is 46.5 Å². The van der Waals surface area contributed by atoms with Gasteiger partial charge in [0.15, 0.2) is 0 Å². The van der Waals surface area contributed by atoms with Crippen molar-refractivity contribution in [1.29, 1.82) is 0 Å². The van der Waals surface area contributed by atoms with E-state index in [-0.39, 0.29) is 6.10 Å². The number of hydrogen-bond acceptors (Lipinski definition) is 3. The fourth-order valence-electron chi connectivity index (χ4n) is 4.23. The summed E-state index contributed by atoms with van der Waals surface area (Å²) < 4.78 is 5.19. The van der Waals surface area contributed by atoms with E-state index in [0.29, 0.717) is 17.8 Å². The highest BCUT2D eigenvalue weighted by molar-refractivity contribution is 6.61. The molecule has 4 rings (SSSR count). The maximum atomic E-state index is 10.8. The van der Waals surface area contributed by atoms with Crippen molar-refractivity contribution < 1.29 is 14.6 Å². The fourth-order valence-corrected chi connectivity index (χ4v) is 4.34. The van der Waals surface area contributed by atoms with Gasteiger partial charge >= 0.3 is 5.43 Å². The van der Waals surface area contributed by atoms with Crippen LogP contribution in [0.15, 0.2) is 0 Å². The molecule has 4 bridgehead atoms. The van der Waals surface area contributed by atoms with Gasteiger partial charge in [-0.2, -0.15) is 0 Å². The van der Waals surface area contributed by atoms with Gasteiger partial charge in [-0.05, 0) is 49.9 Å². The zero-order valence-electron chi connectivity index (χ0n) is 8.49. The predicted molar refractivity (Wildman–Crippen MR) is 54.6 cm³/mol. The van der Waals surface area contributed by atoms with Crippen LogP contribution >= 0.6 is 11.6 Å². The van der Waals surface area contributed by atoms with Crippen LogP contribution in [0.4, 0.5) is 4.79 Å². The zero-order chi connectivity index (χ0) is 10.6. The summed E-state index contributed by atoms with van der Waals surface area (Å²) in [5, 5.41) is 10.3. The minimum absolute atomic E-state index is 0.0353. The van der Waals surface area contributed by atoms with Crippen molar-refractivity contribution in [3.8, 4) is 0 Å². The van der Waals surface area contributed by atoms with Crippen LogP contribution in [-0.2, 0) is 4.74 Å². The first kappa shape index (κ1) is 9.91. The van der Waals surface area contributed by atoms with Crippen LogP contribution in [-0.4, -0.2) is 22.2 Å². The molecule has 0 saturated heterocycles. The lowest BCUT2D eigenvalue weighted by Gasteiger charge is -2.57. The van der Waals surface area contributed by atoms with Crippen molar-refractivity contribution in [2.24, 2.45) is 17.8 Å². The predicted octanol–water partition coefficient (Wildman–Crippen LogP) is 2.30. The summed E-state index contributed by atoms with van der Waals surface area (Å²) >= 11 is 5.28. The van der Waals surface area contributed by atoms with E-state index in [0.717, 1.165) is 32.1 Å². The minimum Gasteiger partial charge on any atom is -0.450 e. The van der Waals surface area contributed by atoms with Gasteiger partial charge in [0.1, 0.15) is 6.10 Å². The Morgan fingerprint density at radius 3 is 2.33 bits per heavy atom. The third kappa shape index (κ3) is 1.56. The molecule has 4 aliphatic carbocycles. The maximum absolute atomic E-state index is 10.8. The largest absolute Gasteiger partial charge is 0.450 e. The van der Waals surface area contributed by atoms with Crippen LogP contribution < -0.4 is 0 Å². The van der Waals surface area contributed by atoms with Crippen molar-refractivity contribution in [2.75, 3.05) is 0 Å². The Labute approximate surface area is 93.7 Å². The smallest absolute Gasteiger partial charge is 0.404 e. The molecule has 4 aliphatic rings. The van der Waals surface area contributed by atoms with E-state index < -0.39 is 11.0 Å². The molecule has 0 radical (unpaired) electrons. The van der Waals surface area contributed by atoms with Crippen molar-refractivity contribution in [1.82, 2.24) is 0 Å². The van der Waals surface area contributed by atoms with Crippen LogP contribution in [0, 0.1) is 17.8 Å². The molecule has 3 nitrogen and oxygen atoms in total. The van der Waals surface area contributed by atoms with Gasteiger partial charge in [0.25, 0.3) is 0 Å². The standard InChI is InChI=1S/C11H15ClO3/c12-10(13)15-9-7-1-6-2-8(9)5-11(14,3-6)4-7/h6-9,14H,1-5H2. The van der Waals surface area contributed by atoms with E-state index in [9.17, 15) is 9.90 Å². The molecule has 0 amide bonds. The number of carbonyl (C=O) groups excluding carboxylic acids is 1. The number of ether oxygens (including phenoxy) is 1. The SMILES string of the molecule is O=C(Cl)OC1C2CC3CC1CC(O)(C3)C2. The Morgan fingerprint density at radius 1 is 1.27 bits per heavy atom. The lowest BCUT2D eigenvalue weighted by molar-refractivity contribution is -0.173. The summed E-state index contributed by atoms with van der Waals surface area (Å²) in [6, 6.07) is 0. The summed E-state index contributed by atoms with van der Waals surface area (Å²) in [6.45, 7) is 0. The van der Waals surface area contributed by atoms with E-state index in [4.69, 9.17) is 16.3 Å². The molecule has 84 valence electrons. The molecular weight excluding hydrogens is 216 g/mol. The molecule has 0 aromatic carbocycles. The van der Waals surface area contributed by atoms with E-state index in [1.165, 1.54) is 0 Å². The normalized spacial score (nSPS) is 51.9.